The van der Waals surface area contributed by atoms with Crippen molar-refractivity contribution >= 4 is 27.5 Å². The van der Waals surface area contributed by atoms with Crippen molar-refractivity contribution < 1.29 is 18.6 Å². The van der Waals surface area contributed by atoms with E-state index in [4.69, 9.17) is 15.5 Å². The Balaban J connectivity index is 1.34. The highest BCUT2D eigenvalue weighted by Gasteiger charge is 2.49. The average molecular weight is 547 g/mol. The molecule has 0 radical (unpaired) electrons. The van der Waals surface area contributed by atoms with Gasteiger partial charge in [0.05, 0.1) is 10.9 Å². The van der Waals surface area contributed by atoms with Gasteiger partial charge in [-0.15, -0.1) is 0 Å². The zero-order chi connectivity index (χ0) is 27.4. The van der Waals surface area contributed by atoms with Gasteiger partial charge in [0.25, 0.3) is 0 Å². The van der Waals surface area contributed by atoms with Gasteiger partial charge >= 0.3 is 6.01 Å². The molecule has 3 N–H and O–H groups in total. The van der Waals surface area contributed by atoms with Crippen LogP contribution < -0.4 is 15.4 Å². The lowest BCUT2D eigenvalue weighted by Gasteiger charge is -2.33. The summed E-state index contributed by atoms with van der Waals surface area (Å²) < 4.78 is 37.0. The van der Waals surface area contributed by atoms with Gasteiger partial charge in [-0.05, 0) is 55.1 Å². The van der Waals surface area contributed by atoms with E-state index < -0.39 is 12.0 Å². The van der Waals surface area contributed by atoms with Gasteiger partial charge < -0.3 is 20.5 Å². The van der Waals surface area contributed by atoms with Crippen molar-refractivity contribution in [3.8, 4) is 23.0 Å². The summed E-state index contributed by atoms with van der Waals surface area (Å²) in [5, 5.41) is 12.4. The average Bonchev–Trinajstić information content (AvgIpc) is 3.47. The van der Waals surface area contributed by atoms with Crippen LogP contribution in [0.1, 0.15) is 32.1 Å². The standard InChI is InChI=1S/C30H32F2N6O2/c31-19-13-30(8-4-10-38(30)15-19)17-40-29-35-27-24(28(36-29)37-9-3-6-20(33)16-37)14-34-26(25(27)32)23-12-21(39)11-18-5-1-2-7-22(18)23/h1-2,5,7,11-12,14,19-20,39H,3-4,6,8-10,13,15-17,33H2/t19-,20-,30+/m1/s1. The van der Waals surface area contributed by atoms with Gasteiger partial charge in [0.2, 0.25) is 0 Å². The third kappa shape index (κ3) is 4.30. The predicted octanol–water partition coefficient (Wildman–Crippen LogP) is 4.57. The van der Waals surface area contributed by atoms with Gasteiger partial charge in [0, 0.05) is 43.9 Å². The lowest BCUT2D eigenvalue weighted by molar-refractivity contribution is 0.107. The molecule has 3 aliphatic heterocycles. The third-order valence-electron chi connectivity index (χ3n) is 8.73. The molecule has 0 saturated carbocycles. The maximum Gasteiger partial charge on any atom is 0.319 e. The highest BCUT2D eigenvalue weighted by atomic mass is 19.1. The van der Waals surface area contributed by atoms with E-state index in [-0.39, 0.29) is 41.2 Å². The highest BCUT2D eigenvalue weighted by molar-refractivity contribution is 5.99. The minimum atomic E-state index is -0.880. The van der Waals surface area contributed by atoms with Crippen molar-refractivity contribution in [2.45, 2.75) is 49.9 Å². The van der Waals surface area contributed by atoms with Crippen LogP contribution >= 0.6 is 0 Å². The Bertz CT molecular complexity index is 1600. The molecule has 208 valence electrons. The zero-order valence-electron chi connectivity index (χ0n) is 22.2. The monoisotopic (exact) mass is 546 g/mol. The summed E-state index contributed by atoms with van der Waals surface area (Å²) in [6.45, 7) is 2.81. The second-order valence-corrected chi connectivity index (χ2v) is 11.4. The molecular formula is C30H32F2N6O2. The van der Waals surface area contributed by atoms with E-state index >= 15 is 4.39 Å². The van der Waals surface area contributed by atoms with Gasteiger partial charge in [0.1, 0.15) is 35.6 Å². The first-order valence-electron chi connectivity index (χ1n) is 14.0. The second kappa shape index (κ2) is 9.78. The van der Waals surface area contributed by atoms with Crippen LogP contribution in [-0.4, -0.2) is 75.5 Å². The maximum atomic E-state index is 16.4. The van der Waals surface area contributed by atoms with E-state index in [0.717, 1.165) is 49.5 Å². The number of aromatic nitrogens is 3. The van der Waals surface area contributed by atoms with Gasteiger partial charge in [0.15, 0.2) is 5.82 Å². The van der Waals surface area contributed by atoms with Crippen LogP contribution in [0.5, 0.6) is 11.8 Å². The maximum absolute atomic E-state index is 16.4. The van der Waals surface area contributed by atoms with Crippen molar-refractivity contribution in [3.05, 3.63) is 48.4 Å². The Kier molecular flexibility index (Phi) is 6.20. The number of aromatic hydroxyl groups is 1. The Hall–Kier alpha value is -3.63. The number of piperidine rings is 1. The lowest BCUT2D eigenvalue weighted by Crippen LogP contribution is -2.44. The number of benzene rings is 2. The highest BCUT2D eigenvalue weighted by Crippen LogP contribution is 2.41. The van der Waals surface area contributed by atoms with Crippen LogP contribution in [0.2, 0.25) is 0 Å². The van der Waals surface area contributed by atoms with Crippen molar-refractivity contribution in [3.63, 3.8) is 0 Å². The molecule has 2 aromatic carbocycles. The minimum absolute atomic E-state index is 0.0211. The number of pyridine rings is 1. The Labute approximate surface area is 230 Å². The first-order valence-corrected chi connectivity index (χ1v) is 14.0. The van der Waals surface area contributed by atoms with E-state index in [2.05, 4.69) is 14.9 Å². The van der Waals surface area contributed by atoms with E-state index in [1.807, 2.05) is 29.2 Å². The molecule has 10 heteroatoms. The number of hydrogen-bond acceptors (Lipinski definition) is 8. The number of hydrogen-bond donors (Lipinski definition) is 2. The molecule has 0 spiro atoms. The molecule has 3 saturated heterocycles. The molecule has 5 heterocycles. The largest absolute Gasteiger partial charge is 0.508 e. The van der Waals surface area contributed by atoms with Crippen LogP contribution in [0.4, 0.5) is 14.6 Å². The quantitative estimate of drug-likeness (QED) is 0.376. The summed E-state index contributed by atoms with van der Waals surface area (Å²) in [6.07, 6.45) is 4.77. The number of ether oxygens (including phenoxy) is 1. The summed E-state index contributed by atoms with van der Waals surface area (Å²) >= 11 is 0. The van der Waals surface area contributed by atoms with E-state index in [1.165, 1.54) is 6.07 Å². The minimum Gasteiger partial charge on any atom is -0.508 e. The van der Waals surface area contributed by atoms with Crippen LogP contribution in [-0.2, 0) is 0 Å². The number of phenolic OH excluding ortho intramolecular Hbond substituents is 1. The molecule has 0 aliphatic carbocycles. The van der Waals surface area contributed by atoms with Gasteiger partial charge in [-0.1, -0.05) is 24.3 Å². The summed E-state index contributed by atoms with van der Waals surface area (Å²) in [7, 11) is 0. The molecule has 8 nitrogen and oxygen atoms in total. The number of nitrogens with zero attached hydrogens (tertiary/aromatic N) is 5. The number of nitrogens with two attached hydrogens (primary N) is 1. The zero-order valence-corrected chi connectivity index (χ0v) is 22.2. The van der Waals surface area contributed by atoms with Crippen LogP contribution in [0.25, 0.3) is 32.9 Å². The molecule has 4 aromatic rings. The molecule has 7 rings (SSSR count). The second-order valence-electron chi connectivity index (χ2n) is 11.4. The van der Waals surface area contributed by atoms with Gasteiger partial charge in [-0.3, -0.25) is 9.88 Å². The summed E-state index contributed by atoms with van der Waals surface area (Å²) in [6, 6.07) is 10.7. The number of rotatable bonds is 5. The first-order chi connectivity index (χ1) is 19.4. The van der Waals surface area contributed by atoms with Crippen molar-refractivity contribution in [1.29, 1.82) is 0 Å². The molecule has 0 bridgehead atoms. The molecule has 40 heavy (non-hydrogen) atoms. The number of halogens is 2. The molecule has 0 amide bonds. The van der Waals surface area contributed by atoms with Crippen molar-refractivity contribution in [2.24, 2.45) is 5.73 Å². The van der Waals surface area contributed by atoms with E-state index in [1.54, 1.807) is 12.3 Å². The fraction of sp³-hybridized carbons (Fsp3) is 0.433. The molecular weight excluding hydrogens is 514 g/mol. The van der Waals surface area contributed by atoms with Crippen molar-refractivity contribution in [1.82, 2.24) is 19.9 Å². The smallest absolute Gasteiger partial charge is 0.319 e. The molecule has 3 fully saturated rings. The van der Waals surface area contributed by atoms with E-state index in [9.17, 15) is 9.50 Å². The van der Waals surface area contributed by atoms with Crippen LogP contribution in [0.15, 0.2) is 42.6 Å². The van der Waals surface area contributed by atoms with Crippen LogP contribution in [0, 0.1) is 5.82 Å². The molecule has 0 unspecified atom stereocenters. The van der Waals surface area contributed by atoms with Crippen LogP contribution in [0.3, 0.4) is 0 Å². The summed E-state index contributed by atoms with van der Waals surface area (Å²) in [5.41, 5.74) is 6.55. The van der Waals surface area contributed by atoms with Crippen molar-refractivity contribution in [2.75, 3.05) is 37.7 Å². The summed E-state index contributed by atoms with van der Waals surface area (Å²) in [5.74, 6) is -0.0642. The Morgan fingerprint density at radius 3 is 2.85 bits per heavy atom. The number of alkyl halides is 1. The molecule has 3 aliphatic rings. The fourth-order valence-electron chi connectivity index (χ4n) is 6.86. The number of anilines is 1. The molecule has 3 atom stereocenters. The first kappa shape index (κ1) is 25.3. The predicted molar refractivity (Wildman–Crippen MR) is 150 cm³/mol. The fourth-order valence-corrected chi connectivity index (χ4v) is 6.86. The topological polar surface area (TPSA) is 101 Å². The summed E-state index contributed by atoms with van der Waals surface area (Å²) in [4.78, 5) is 18.0. The third-order valence-corrected chi connectivity index (χ3v) is 8.73. The SMILES string of the molecule is N[C@@H]1CCCN(c2nc(OC[C@@]34CCCN3C[C@H](F)C4)nc3c(F)c(-c4cc(O)cc5ccccc45)ncc23)C1. The van der Waals surface area contributed by atoms with E-state index in [0.29, 0.717) is 36.3 Å². The Morgan fingerprint density at radius 1 is 1.10 bits per heavy atom. The molecule has 2 aromatic heterocycles. The van der Waals surface area contributed by atoms with Gasteiger partial charge in [-0.2, -0.15) is 9.97 Å². The normalized spacial score (nSPS) is 25.1. The lowest BCUT2D eigenvalue weighted by atomic mass is 9.95. The number of phenols is 1. The Morgan fingerprint density at radius 2 is 1.98 bits per heavy atom. The number of fused-ring (bicyclic) bond motifs is 3. The van der Waals surface area contributed by atoms with Gasteiger partial charge in [-0.25, -0.2) is 8.78 Å².